The van der Waals surface area contributed by atoms with Crippen molar-refractivity contribution in [1.82, 2.24) is 15.2 Å². The number of aromatic nitrogens is 3. The molecule has 0 radical (unpaired) electrons. The van der Waals surface area contributed by atoms with Gasteiger partial charge in [0, 0.05) is 31.0 Å². The van der Waals surface area contributed by atoms with E-state index in [0.29, 0.717) is 51.5 Å². The molecule has 1 atom stereocenters. The Morgan fingerprint density at radius 3 is 2.59 bits per heavy atom. The lowest BCUT2D eigenvalue weighted by Gasteiger charge is -2.16. The first-order valence-corrected chi connectivity index (χ1v) is 11.5. The molecule has 2 heterocycles. The molecule has 9 nitrogen and oxygen atoms in total. The number of aryl methyl sites for hydroxylation is 1. The van der Waals surface area contributed by atoms with Crippen LogP contribution in [0.3, 0.4) is 0 Å². The number of nitrogens with zero attached hydrogens (tertiary/aromatic N) is 3. The van der Waals surface area contributed by atoms with E-state index < -0.39 is 5.91 Å². The fourth-order valence-corrected chi connectivity index (χ4v) is 3.86. The number of amides is 1. The maximum Gasteiger partial charge on any atom is 0.261 e. The van der Waals surface area contributed by atoms with Crippen LogP contribution >= 0.6 is 22.9 Å². The zero-order valence-corrected chi connectivity index (χ0v) is 20.1. The lowest BCUT2D eigenvalue weighted by atomic mass is 10.1. The number of halogens is 1. The van der Waals surface area contributed by atoms with Crippen LogP contribution in [-0.4, -0.2) is 40.9 Å². The average molecular weight is 501 g/mol. The van der Waals surface area contributed by atoms with Crippen molar-refractivity contribution in [3.63, 3.8) is 0 Å². The normalized spacial score (nSPS) is 11.8. The van der Waals surface area contributed by atoms with Gasteiger partial charge in [-0.3, -0.25) is 10.1 Å². The Bertz CT molecular complexity index is 1270. The van der Waals surface area contributed by atoms with Gasteiger partial charge in [-0.15, -0.1) is 21.5 Å². The van der Waals surface area contributed by atoms with Gasteiger partial charge in [-0.1, -0.05) is 11.6 Å². The van der Waals surface area contributed by atoms with Crippen LogP contribution in [0.4, 0.5) is 5.13 Å². The van der Waals surface area contributed by atoms with Gasteiger partial charge in [0.1, 0.15) is 28.5 Å². The van der Waals surface area contributed by atoms with Crippen LogP contribution < -0.4 is 14.8 Å². The Balaban J connectivity index is 1.59. The molecule has 11 heteroatoms. The Kier molecular flexibility index (Phi) is 7.41. The molecule has 4 rings (SSSR count). The Morgan fingerprint density at radius 1 is 1.18 bits per heavy atom. The minimum Gasteiger partial charge on any atom is -0.488 e. The highest BCUT2D eigenvalue weighted by Gasteiger charge is 2.18. The minimum atomic E-state index is -0.393. The predicted octanol–water partition coefficient (Wildman–Crippen LogP) is 5.61. The number of carbonyl (C=O) groups excluding carboxylic acids is 1. The molecule has 0 saturated carbocycles. The van der Waals surface area contributed by atoms with Crippen molar-refractivity contribution in [3.8, 4) is 28.7 Å². The second-order valence-corrected chi connectivity index (χ2v) is 8.47. The third-order valence-corrected chi connectivity index (χ3v) is 5.57. The number of methoxy groups -OCH3 is 1. The smallest absolute Gasteiger partial charge is 0.261 e. The van der Waals surface area contributed by atoms with Crippen LogP contribution in [0, 0.1) is 6.92 Å². The summed E-state index contributed by atoms with van der Waals surface area (Å²) in [6.07, 6.45) is -0.188. The molecule has 2 aromatic heterocycles. The van der Waals surface area contributed by atoms with E-state index in [4.69, 9.17) is 30.2 Å². The van der Waals surface area contributed by atoms with Gasteiger partial charge in [0.2, 0.25) is 11.8 Å². The maximum absolute atomic E-state index is 13.0. The number of thiazole rings is 1. The molecule has 0 spiro atoms. The van der Waals surface area contributed by atoms with Crippen LogP contribution in [-0.2, 0) is 4.74 Å². The number of benzene rings is 2. The van der Waals surface area contributed by atoms with E-state index in [1.165, 1.54) is 11.3 Å². The van der Waals surface area contributed by atoms with Gasteiger partial charge < -0.3 is 18.6 Å². The van der Waals surface area contributed by atoms with E-state index in [1.54, 1.807) is 61.9 Å². The molecule has 1 N–H and O–H groups in total. The second-order valence-electron chi connectivity index (χ2n) is 7.22. The Hall–Kier alpha value is -3.47. The predicted molar refractivity (Wildman–Crippen MR) is 128 cm³/mol. The largest absolute Gasteiger partial charge is 0.488 e. The molecule has 0 fully saturated rings. The standard InChI is InChI=1S/C23H21ClN4O5S/c1-13(11-30-3)31-17-8-9-18(21(29)26-23-25-20(24)12-34-23)19(10-17)33-16-6-4-15(5-7-16)22-28-27-14(2)32-22/h4-10,12-13H,11H2,1-3H3,(H,25,26,29). The molecule has 0 aliphatic carbocycles. The maximum atomic E-state index is 13.0. The highest BCUT2D eigenvalue weighted by molar-refractivity contribution is 7.14. The van der Waals surface area contributed by atoms with Crippen molar-refractivity contribution in [2.75, 3.05) is 19.0 Å². The fraction of sp³-hybridized carbons (Fsp3) is 0.217. The minimum absolute atomic E-state index is 0.188. The molecule has 0 bridgehead atoms. The van der Waals surface area contributed by atoms with Gasteiger partial charge in [0.05, 0.1) is 12.2 Å². The zero-order chi connectivity index (χ0) is 24.1. The fourth-order valence-electron chi connectivity index (χ4n) is 3.03. The van der Waals surface area contributed by atoms with Crippen LogP contribution in [0.5, 0.6) is 17.2 Å². The number of carbonyl (C=O) groups is 1. The van der Waals surface area contributed by atoms with Crippen molar-refractivity contribution in [3.05, 3.63) is 64.5 Å². The van der Waals surface area contributed by atoms with Crippen molar-refractivity contribution in [1.29, 1.82) is 0 Å². The number of hydrogen-bond donors (Lipinski definition) is 1. The Labute approximate surface area is 204 Å². The molecule has 176 valence electrons. The number of rotatable bonds is 9. The first kappa shape index (κ1) is 23.7. The van der Waals surface area contributed by atoms with Gasteiger partial charge in [0.25, 0.3) is 5.91 Å². The third-order valence-electron chi connectivity index (χ3n) is 4.49. The van der Waals surface area contributed by atoms with Gasteiger partial charge >= 0.3 is 0 Å². The van der Waals surface area contributed by atoms with E-state index in [1.807, 2.05) is 6.92 Å². The molecule has 0 aliphatic heterocycles. The molecule has 0 saturated heterocycles. The van der Waals surface area contributed by atoms with Crippen molar-refractivity contribution in [2.24, 2.45) is 0 Å². The molecular formula is C23H21ClN4O5S. The SMILES string of the molecule is COCC(C)Oc1ccc(C(=O)Nc2nc(Cl)cs2)c(Oc2ccc(-c3nnc(C)o3)cc2)c1. The number of ether oxygens (including phenoxy) is 3. The quantitative estimate of drug-likeness (QED) is 0.315. The topological polar surface area (TPSA) is 109 Å². The summed E-state index contributed by atoms with van der Waals surface area (Å²) in [6, 6.07) is 12.1. The summed E-state index contributed by atoms with van der Waals surface area (Å²) in [5, 5.41) is 12.9. The molecular weight excluding hydrogens is 480 g/mol. The summed E-state index contributed by atoms with van der Waals surface area (Å²) in [5.74, 6) is 1.85. The van der Waals surface area contributed by atoms with Crippen molar-refractivity contribution < 1.29 is 23.4 Å². The van der Waals surface area contributed by atoms with Crippen molar-refractivity contribution >= 4 is 34.0 Å². The summed E-state index contributed by atoms with van der Waals surface area (Å²) in [5.41, 5.74) is 1.05. The summed E-state index contributed by atoms with van der Waals surface area (Å²) >= 11 is 7.09. The highest BCUT2D eigenvalue weighted by atomic mass is 35.5. The lowest BCUT2D eigenvalue weighted by Crippen LogP contribution is -2.18. The van der Waals surface area contributed by atoms with Crippen LogP contribution in [0.2, 0.25) is 5.15 Å². The zero-order valence-electron chi connectivity index (χ0n) is 18.6. The van der Waals surface area contributed by atoms with Crippen LogP contribution in [0.1, 0.15) is 23.2 Å². The van der Waals surface area contributed by atoms with E-state index in [0.717, 1.165) is 5.56 Å². The average Bonchev–Trinajstić information content (AvgIpc) is 3.42. The van der Waals surface area contributed by atoms with Crippen LogP contribution in [0.25, 0.3) is 11.5 Å². The third kappa shape index (κ3) is 5.90. The summed E-state index contributed by atoms with van der Waals surface area (Å²) < 4.78 is 22.5. The summed E-state index contributed by atoms with van der Waals surface area (Å²) in [6.45, 7) is 4.03. The first-order valence-electron chi connectivity index (χ1n) is 10.2. The van der Waals surface area contributed by atoms with Gasteiger partial charge in [-0.25, -0.2) is 4.98 Å². The first-order chi connectivity index (χ1) is 16.4. The van der Waals surface area contributed by atoms with Gasteiger partial charge in [0.15, 0.2) is 5.13 Å². The monoisotopic (exact) mass is 500 g/mol. The van der Waals surface area contributed by atoms with Crippen molar-refractivity contribution in [2.45, 2.75) is 20.0 Å². The summed E-state index contributed by atoms with van der Waals surface area (Å²) in [7, 11) is 1.60. The van der Waals surface area contributed by atoms with Gasteiger partial charge in [-0.2, -0.15) is 0 Å². The van der Waals surface area contributed by atoms with Crippen LogP contribution in [0.15, 0.2) is 52.3 Å². The number of anilines is 1. The molecule has 1 amide bonds. The van der Waals surface area contributed by atoms with E-state index in [9.17, 15) is 4.79 Å². The number of nitrogens with one attached hydrogen (secondary N) is 1. The molecule has 4 aromatic rings. The van der Waals surface area contributed by atoms with Gasteiger partial charge in [-0.05, 0) is 43.3 Å². The number of hydrogen-bond acceptors (Lipinski definition) is 9. The second kappa shape index (κ2) is 10.6. The summed E-state index contributed by atoms with van der Waals surface area (Å²) in [4.78, 5) is 17.0. The highest BCUT2D eigenvalue weighted by Crippen LogP contribution is 2.32. The molecule has 1 unspecified atom stereocenters. The Morgan fingerprint density at radius 2 is 1.94 bits per heavy atom. The van der Waals surface area contributed by atoms with E-state index in [2.05, 4.69) is 20.5 Å². The van der Waals surface area contributed by atoms with E-state index in [-0.39, 0.29) is 6.10 Å². The van der Waals surface area contributed by atoms with E-state index >= 15 is 0 Å². The lowest BCUT2D eigenvalue weighted by molar-refractivity contribution is 0.0919. The molecule has 34 heavy (non-hydrogen) atoms. The molecule has 2 aromatic carbocycles. The molecule has 0 aliphatic rings.